The lowest BCUT2D eigenvalue weighted by Gasteiger charge is -2.31. The molecule has 1 amide bonds. The van der Waals surface area contributed by atoms with Gasteiger partial charge in [-0.3, -0.25) is 4.79 Å². The highest BCUT2D eigenvalue weighted by atomic mass is 32.2. The third-order valence-corrected chi connectivity index (χ3v) is 7.90. The van der Waals surface area contributed by atoms with Crippen LogP contribution in [0.1, 0.15) is 12.8 Å². The standard InChI is InChI=1S/C21H22N4O4S2/c1-29-17-9-11-18(12-10-17)31(27,28)25-13-5-8-16(14-25)19(26)22-21-24-23-20(30-21)15-6-3-2-4-7-15/h2-4,6-7,9-12,16H,5,8,13-14H2,1H3,(H,22,24,26)/t16-/m1/s1. The summed E-state index contributed by atoms with van der Waals surface area (Å²) in [4.78, 5) is 13.0. The van der Waals surface area contributed by atoms with E-state index in [-0.39, 0.29) is 17.3 Å². The number of rotatable bonds is 6. The van der Waals surface area contributed by atoms with Crippen molar-refractivity contribution in [3.8, 4) is 16.3 Å². The van der Waals surface area contributed by atoms with E-state index >= 15 is 0 Å². The van der Waals surface area contributed by atoms with Crippen molar-refractivity contribution in [3.63, 3.8) is 0 Å². The molecule has 1 aromatic heterocycles. The van der Waals surface area contributed by atoms with Gasteiger partial charge in [-0.15, -0.1) is 10.2 Å². The third kappa shape index (κ3) is 4.76. The molecule has 1 saturated heterocycles. The summed E-state index contributed by atoms with van der Waals surface area (Å²) in [5, 5.41) is 12.1. The molecule has 1 atom stereocenters. The highest BCUT2D eigenvalue weighted by Crippen LogP contribution is 2.28. The summed E-state index contributed by atoms with van der Waals surface area (Å²) in [5.74, 6) is -0.113. The van der Waals surface area contributed by atoms with E-state index < -0.39 is 15.9 Å². The molecule has 1 aliphatic rings. The van der Waals surface area contributed by atoms with Crippen molar-refractivity contribution >= 4 is 32.4 Å². The van der Waals surface area contributed by atoms with E-state index in [4.69, 9.17) is 4.74 Å². The fraction of sp³-hybridized carbons (Fsp3) is 0.286. The van der Waals surface area contributed by atoms with Crippen molar-refractivity contribution in [2.24, 2.45) is 5.92 Å². The number of hydrogen-bond donors (Lipinski definition) is 1. The van der Waals surface area contributed by atoms with Crippen LogP contribution >= 0.6 is 11.3 Å². The molecule has 3 aromatic rings. The highest BCUT2D eigenvalue weighted by Gasteiger charge is 2.33. The first kappa shape index (κ1) is 21.4. The Labute approximate surface area is 184 Å². The Hall–Kier alpha value is -2.82. The zero-order chi connectivity index (χ0) is 21.8. The number of anilines is 1. The molecule has 0 saturated carbocycles. The number of nitrogens with zero attached hydrogens (tertiary/aromatic N) is 3. The van der Waals surface area contributed by atoms with Crippen molar-refractivity contribution in [2.45, 2.75) is 17.7 Å². The van der Waals surface area contributed by atoms with Gasteiger partial charge < -0.3 is 10.1 Å². The zero-order valence-corrected chi connectivity index (χ0v) is 18.5. The van der Waals surface area contributed by atoms with Gasteiger partial charge in [0.25, 0.3) is 0 Å². The normalized spacial score (nSPS) is 17.3. The summed E-state index contributed by atoms with van der Waals surface area (Å²) in [5.41, 5.74) is 0.926. The summed E-state index contributed by atoms with van der Waals surface area (Å²) in [7, 11) is -2.16. The molecule has 1 fully saturated rings. The van der Waals surface area contributed by atoms with Crippen LogP contribution in [0.25, 0.3) is 10.6 Å². The van der Waals surface area contributed by atoms with Gasteiger partial charge in [0.15, 0.2) is 0 Å². The molecular weight excluding hydrogens is 436 g/mol. The molecule has 8 nitrogen and oxygen atoms in total. The summed E-state index contributed by atoms with van der Waals surface area (Å²) < 4.78 is 32.5. The van der Waals surface area contributed by atoms with Crippen molar-refractivity contribution in [1.82, 2.24) is 14.5 Å². The third-order valence-electron chi connectivity index (χ3n) is 5.13. The summed E-state index contributed by atoms with van der Waals surface area (Å²) in [6.45, 7) is 0.514. The van der Waals surface area contributed by atoms with Gasteiger partial charge in [0.05, 0.1) is 17.9 Å². The molecule has 0 aliphatic carbocycles. The number of nitrogens with one attached hydrogen (secondary N) is 1. The Bertz CT molecular complexity index is 1150. The van der Waals surface area contributed by atoms with Crippen molar-refractivity contribution in [2.75, 3.05) is 25.5 Å². The average Bonchev–Trinajstić information content (AvgIpc) is 3.28. The first-order chi connectivity index (χ1) is 15.0. The second-order valence-corrected chi connectivity index (χ2v) is 10.1. The average molecular weight is 459 g/mol. The van der Waals surface area contributed by atoms with E-state index in [0.29, 0.717) is 35.3 Å². The van der Waals surface area contributed by atoms with Crippen LogP contribution in [0.2, 0.25) is 0 Å². The van der Waals surface area contributed by atoms with Gasteiger partial charge in [-0.2, -0.15) is 4.31 Å². The van der Waals surface area contributed by atoms with Crippen LogP contribution in [0, 0.1) is 5.92 Å². The van der Waals surface area contributed by atoms with E-state index in [2.05, 4.69) is 15.5 Å². The number of methoxy groups -OCH3 is 1. The minimum Gasteiger partial charge on any atom is -0.497 e. The molecule has 162 valence electrons. The first-order valence-corrected chi connectivity index (χ1v) is 12.1. The van der Waals surface area contributed by atoms with Crippen molar-refractivity contribution in [3.05, 3.63) is 54.6 Å². The van der Waals surface area contributed by atoms with E-state index in [9.17, 15) is 13.2 Å². The van der Waals surface area contributed by atoms with Gasteiger partial charge in [0.2, 0.25) is 21.1 Å². The van der Waals surface area contributed by atoms with Gasteiger partial charge in [0.1, 0.15) is 10.8 Å². The molecule has 10 heteroatoms. The molecule has 2 heterocycles. The number of piperidine rings is 1. The maximum absolute atomic E-state index is 13.0. The van der Waals surface area contributed by atoms with Crippen LogP contribution in [0.5, 0.6) is 5.75 Å². The first-order valence-electron chi connectivity index (χ1n) is 9.81. The number of carbonyl (C=O) groups is 1. The van der Waals surface area contributed by atoms with E-state index in [1.54, 1.807) is 12.1 Å². The quantitative estimate of drug-likeness (QED) is 0.608. The number of benzene rings is 2. The lowest BCUT2D eigenvalue weighted by atomic mass is 9.99. The minimum absolute atomic E-state index is 0.130. The fourth-order valence-electron chi connectivity index (χ4n) is 3.45. The maximum atomic E-state index is 13.0. The largest absolute Gasteiger partial charge is 0.497 e. The molecule has 1 N–H and O–H groups in total. The predicted octanol–water partition coefficient (Wildman–Crippen LogP) is 3.25. The fourth-order valence-corrected chi connectivity index (χ4v) is 5.73. The molecule has 0 spiro atoms. The number of carbonyl (C=O) groups excluding carboxylic acids is 1. The maximum Gasteiger partial charge on any atom is 0.243 e. The molecule has 0 bridgehead atoms. The second kappa shape index (κ2) is 9.13. The predicted molar refractivity (Wildman–Crippen MR) is 118 cm³/mol. The molecule has 4 rings (SSSR count). The van der Waals surface area contributed by atoms with Gasteiger partial charge in [0, 0.05) is 18.7 Å². The number of aromatic nitrogens is 2. The second-order valence-electron chi connectivity index (χ2n) is 7.15. The van der Waals surface area contributed by atoms with E-state index in [1.165, 1.54) is 34.9 Å². The molecule has 31 heavy (non-hydrogen) atoms. The van der Waals surface area contributed by atoms with Crippen molar-refractivity contribution < 1.29 is 17.9 Å². The monoisotopic (exact) mass is 458 g/mol. The Morgan fingerprint density at radius 2 is 1.87 bits per heavy atom. The smallest absolute Gasteiger partial charge is 0.243 e. The lowest BCUT2D eigenvalue weighted by molar-refractivity contribution is -0.120. The number of hydrogen-bond acceptors (Lipinski definition) is 7. The molecular formula is C21H22N4O4S2. The minimum atomic E-state index is -3.69. The molecule has 0 unspecified atom stereocenters. The number of amides is 1. The molecule has 1 aliphatic heterocycles. The van der Waals surface area contributed by atoms with Crippen LogP contribution in [0.4, 0.5) is 5.13 Å². The topological polar surface area (TPSA) is 101 Å². The van der Waals surface area contributed by atoms with E-state index in [0.717, 1.165) is 5.56 Å². The summed E-state index contributed by atoms with van der Waals surface area (Å²) in [6.07, 6.45) is 1.23. The van der Waals surface area contributed by atoms with Crippen LogP contribution in [-0.4, -0.2) is 49.0 Å². The van der Waals surface area contributed by atoms with Crippen LogP contribution in [-0.2, 0) is 14.8 Å². The lowest BCUT2D eigenvalue weighted by Crippen LogP contribution is -2.43. The SMILES string of the molecule is COc1ccc(S(=O)(=O)N2CCC[C@@H](C(=O)Nc3nnc(-c4ccccc4)s3)C2)cc1. The van der Waals surface area contributed by atoms with Gasteiger partial charge >= 0.3 is 0 Å². The van der Waals surface area contributed by atoms with Crippen LogP contribution < -0.4 is 10.1 Å². The number of ether oxygens (including phenoxy) is 1. The van der Waals surface area contributed by atoms with Crippen LogP contribution in [0.3, 0.4) is 0 Å². The molecule has 2 aromatic carbocycles. The summed E-state index contributed by atoms with van der Waals surface area (Å²) >= 11 is 1.29. The Kier molecular flexibility index (Phi) is 6.30. The van der Waals surface area contributed by atoms with E-state index in [1.807, 2.05) is 30.3 Å². The molecule has 0 radical (unpaired) electrons. The Morgan fingerprint density at radius 1 is 1.13 bits per heavy atom. The highest BCUT2D eigenvalue weighted by molar-refractivity contribution is 7.89. The zero-order valence-electron chi connectivity index (χ0n) is 16.9. The van der Waals surface area contributed by atoms with Gasteiger partial charge in [-0.25, -0.2) is 8.42 Å². The Balaban J connectivity index is 1.43. The van der Waals surface area contributed by atoms with Gasteiger partial charge in [-0.1, -0.05) is 41.7 Å². The summed E-state index contributed by atoms with van der Waals surface area (Å²) in [6, 6.07) is 15.9. The van der Waals surface area contributed by atoms with Gasteiger partial charge in [-0.05, 0) is 37.1 Å². The Morgan fingerprint density at radius 3 is 2.58 bits per heavy atom. The van der Waals surface area contributed by atoms with Crippen molar-refractivity contribution in [1.29, 1.82) is 0 Å². The van der Waals surface area contributed by atoms with Crippen LogP contribution in [0.15, 0.2) is 59.5 Å². The number of sulfonamides is 1.